The third kappa shape index (κ3) is 3.12. The van der Waals surface area contributed by atoms with Crippen molar-refractivity contribution < 1.29 is 19.5 Å². The number of aliphatic hydroxyl groups is 1. The molecule has 0 aromatic heterocycles. The Morgan fingerprint density at radius 1 is 1.63 bits per heavy atom. The number of ether oxygens (including phenoxy) is 2. The summed E-state index contributed by atoms with van der Waals surface area (Å²) < 4.78 is 10.1. The Hall–Kier alpha value is -1.86. The Kier molecular flexibility index (Phi) is 3.87. The predicted octanol–water partition coefficient (Wildman–Crippen LogP) is 1.17. The summed E-state index contributed by atoms with van der Waals surface area (Å²) in [6, 6.07) is 4.54. The van der Waals surface area contributed by atoms with Crippen molar-refractivity contribution in [1.29, 1.82) is 0 Å². The molecule has 104 valence electrons. The van der Waals surface area contributed by atoms with Gasteiger partial charge in [0.2, 0.25) is 0 Å². The summed E-state index contributed by atoms with van der Waals surface area (Å²) in [6.07, 6.45) is 0.518. The topological polar surface area (TPSA) is 93.9 Å². The van der Waals surface area contributed by atoms with Crippen LogP contribution in [-0.2, 0) is 4.74 Å². The molecule has 1 heterocycles. The van der Waals surface area contributed by atoms with E-state index in [2.05, 4.69) is 5.32 Å². The molecule has 0 aliphatic carbocycles. The largest absolute Gasteiger partial charge is 0.496 e. The van der Waals surface area contributed by atoms with Crippen molar-refractivity contribution >= 4 is 11.4 Å². The molecular formula is C12H16N2O5. The lowest BCUT2D eigenvalue weighted by Gasteiger charge is -2.21. The average Bonchev–Trinajstić information content (AvgIpc) is 2.83. The summed E-state index contributed by atoms with van der Waals surface area (Å²) in [7, 11) is 1.45. The van der Waals surface area contributed by atoms with Gasteiger partial charge in [0.05, 0.1) is 24.7 Å². The van der Waals surface area contributed by atoms with Gasteiger partial charge >= 0.3 is 0 Å². The molecule has 1 saturated heterocycles. The SMILES string of the molecule is COc1ccc(NCC2(O)CCOC2)c([N+](=O)[O-])c1. The summed E-state index contributed by atoms with van der Waals surface area (Å²) in [4.78, 5) is 10.5. The first kappa shape index (κ1) is 13.6. The number of nitro benzene ring substituents is 1. The standard InChI is InChI=1S/C12H16N2O5/c1-18-9-2-3-10(11(6-9)14(16)17)13-7-12(15)4-5-19-8-12/h2-3,6,13,15H,4-5,7-8H2,1H3. The number of nitro groups is 1. The van der Waals surface area contributed by atoms with Crippen molar-refractivity contribution in [2.24, 2.45) is 0 Å². The molecule has 7 heteroatoms. The average molecular weight is 268 g/mol. The van der Waals surface area contributed by atoms with Gasteiger partial charge in [-0.05, 0) is 12.1 Å². The Morgan fingerprint density at radius 2 is 2.42 bits per heavy atom. The van der Waals surface area contributed by atoms with Crippen molar-refractivity contribution in [3.05, 3.63) is 28.3 Å². The summed E-state index contributed by atoms with van der Waals surface area (Å²) >= 11 is 0. The third-order valence-corrected chi connectivity index (χ3v) is 3.09. The van der Waals surface area contributed by atoms with Gasteiger partial charge in [0.15, 0.2) is 0 Å². The Labute approximate surface area is 110 Å². The molecule has 2 rings (SSSR count). The smallest absolute Gasteiger partial charge is 0.296 e. The summed E-state index contributed by atoms with van der Waals surface area (Å²) in [5.41, 5.74) is -0.693. The molecule has 0 spiro atoms. The Bertz CT molecular complexity index is 471. The van der Waals surface area contributed by atoms with Crippen molar-refractivity contribution in [1.82, 2.24) is 0 Å². The highest BCUT2D eigenvalue weighted by Crippen LogP contribution is 2.30. The van der Waals surface area contributed by atoms with E-state index in [9.17, 15) is 15.2 Å². The van der Waals surface area contributed by atoms with Crippen LogP contribution in [-0.4, -0.2) is 42.5 Å². The molecule has 0 saturated carbocycles. The lowest BCUT2D eigenvalue weighted by molar-refractivity contribution is -0.384. The fraction of sp³-hybridized carbons (Fsp3) is 0.500. The van der Waals surface area contributed by atoms with E-state index in [1.165, 1.54) is 13.2 Å². The Balaban J connectivity index is 2.13. The van der Waals surface area contributed by atoms with Crippen molar-refractivity contribution in [2.45, 2.75) is 12.0 Å². The summed E-state index contributed by atoms with van der Waals surface area (Å²) in [5, 5.41) is 24.0. The predicted molar refractivity (Wildman–Crippen MR) is 68.5 cm³/mol. The first-order valence-electron chi connectivity index (χ1n) is 5.90. The zero-order valence-corrected chi connectivity index (χ0v) is 10.6. The van der Waals surface area contributed by atoms with Gasteiger partial charge in [0, 0.05) is 19.6 Å². The van der Waals surface area contributed by atoms with E-state index in [4.69, 9.17) is 9.47 Å². The minimum atomic E-state index is -0.964. The van der Waals surface area contributed by atoms with E-state index in [0.717, 1.165) is 0 Å². The van der Waals surface area contributed by atoms with Gasteiger partial charge in [-0.25, -0.2) is 0 Å². The van der Waals surface area contributed by atoms with Crippen LogP contribution in [0.25, 0.3) is 0 Å². The van der Waals surface area contributed by atoms with Gasteiger partial charge in [-0.15, -0.1) is 0 Å². The van der Waals surface area contributed by atoms with Crippen LogP contribution in [0.1, 0.15) is 6.42 Å². The highest BCUT2D eigenvalue weighted by molar-refractivity contribution is 5.64. The molecule has 1 aliphatic heterocycles. The number of nitrogens with one attached hydrogen (secondary N) is 1. The molecule has 1 fully saturated rings. The molecular weight excluding hydrogens is 252 g/mol. The van der Waals surface area contributed by atoms with Crippen LogP contribution in [0.15, 0.2) is 18.2 Å². The quantitative estimate of drug-likeness (QED) is 0.615. The molecule has 19 heavy (non-hydrogen) atoms. The number of hydrogen-bond acceptors (Lipinski definition) is 6. The van der Waals surface area contributed by atoms with Gasteiger partial charge in [-0.3, -0.25) is 10.1 Å². The summed E-state index contributed by atoms with van der Waals surface area (Å²) in [5.74, 6) is 0.417. The van der Waals surface area contributed by atoms with Crippen molar-refractivity contribution in [3.8, 4) is 5.75 Å². The molecule has 1 aromatic carbocycles. The number of hydrogen-bond donors (Lipinski definition) is 2. The third-order valence-electron chi connectivity index (χ3n) is 3.09. The lowest BCUT2D eigenvalue weighted by atomic mass is 10.0. The maximum atomic E-state index is 11.0. The van der Waals surface area contributed by atoms with Gasteiger partial charge < -0.3 is 19.9 Å². The molecule has 2 N–H and O–H groups in total. The van der Waals surface area contributed by atoms with E-state index in [1.807, 2.05) is 0 Å². The number of rotatable bonds is 5. The monoisotopic (exact) mass is 268 g/mol. The normalized spacial score (nSPS) is 22.2. The highest BCUT2D eigenvalue weighted by atomic mass is 16.6. The fourth-order valence-corrected chi connectivity index (χ4v) is 1.93. The van der Waals surface area contributed by atoms with E-state index in [1.54, 1.807) is 12.1 Å². The number of nitrogens with zero attached hydrogens (tertiary/aromatic N) is 1. The fourth-order valence-electron chi connectivity index (χ4n) is 1.93. The second kappa shape index (κ2) is 5.41. The molecule has 0 bridgehead atoms. The van der Waals surface area contributed by atoms with Gasteiger partial charge in [-0.2, -0.15) is 0 Å². The Morgan fingerprint density at radius 3 is 3.00 bits per heavy atom. The van der Waals surface area contributed by atoms with Gasteiger partial charge in [0.25, 0.3) is 5.69 Å². The highest BCUT2D eigenvalue weighted by Gasteiger charge is 2.32. The number of methoxy groups -OCH3 is 1. The van der Waals surface area contributed by atoms with E-state index < -0.39 is 10.5 Å². The first-order valence-corrected chi connectivity index (χ1v) is 5.90. The lowest BCUT2D eigenvalue weighted by Crippen LogP contribution is -2.37. The number of anilines is 1. The van der Waals surface area contributed by atoms with Crippen LogP contribution in [0.2, 0.25) is 0 Å². The van der Waals surface area contributed by atoms with Crippen LogP contribution in [0.4, 0.5) is 11.4 Å². The minimum Gasteiger partial charge on any atom is -0.496 e. The van der Waals surface area contributed by atoms with Crippen LogP contribution in [0.5, 0.6) is 5.75 Å². The first-order chi connectivity index (χ1) is 9.04. The minimum absolute atomic E-state index is 0.0816. The van der Waals surface area contributed by atoms with Crippen LogP contribution >= 0.6 is 0 Å². The van der Waals surface area contributed by atoms with Crippen LogP contribution in [0, 0.1) is 10.1 Å². The van der Waals surface area contributed by atoms with Crippen molar-refractivity contribution in [2.75, 3.05) is 32.2 Å². The van der Waals surface area contributed by atoms with Crippen molar-refractivity contribution in [3.63, 3.8) is 0 Å². The van der Waals surface area contributed by atoms with E-state index >= 15 is 0 Å². The molecule has 0 radical (unpaired) electrons. The molecule has 1 atom stereocenters. The molecule has 0 amide bonds. The maximum absolute atomic E-state index is 11.0. The molecule has 7 nitrogen and oxygen atoms in total. The second-order valence-corrected chi connectivity index (χ2v) is 4.52. The molecule has 1 aromatic rings. The maximum Gasteiger partial charge on any atom is 0.296 e. The van der Waals surface area contributed by atoms with Crippen LogP contribution < -0.4 is 10.1 Å². The van der Waals surface area contributed by atoms with Gasteiger partial charge in [-0.1, -0.05) is 0 Å². The van der Waals surface area contributed by atoms with Crippen LogP contribution in [0.3, 0.4) is 0 Å². The van der Waals surface area contributed by atoms with E-state index in [0.29, 0.717) is 24.5 Å². The second-order valence-electron chi connectivity index (χ2n) is 4.52. The number of benzene rings is 1. The van der Waals surface area contributed by atoms with E-state index in [-0.39, 0.29) is 18.8 Å². The zero-order valence-electron chi connectivity index (χ0n) is 10.6. The zero-order chi connectivity index (χ0) is 13.9. The summed E-state index contributed by atoms with van der Waals surface area (Å²) in [6.45, 7) is 0.951. The molecule has 1 unspecified atom stereocenters. The molecule has 1 aliphatic rings. The van der Waals surface area contributed by atoms with Gasteiger partial charge in [0.1, 0.15) is 17.0 Å².